The molecule has 68 heavy (non-hydrogen) atoms. The van der Waals surface area contributed by atoms with E-state index in [4.69, 9.17) is 24.7 Å². The molecule has 3 aromatic rings. The van der Waals surface area contributed by atoms with E-state index in [0.29, 0.717) is 12.0 Å². The molecule has 0 amide bonds. The number of benzene rings is 1. The van der Waals surface area contributed by atoms with Crippen molar-refractivity contribution in [1.82, 2.24) is 19.5 Å². The number of nitrogens with zero attached hydrogens (tertiary/aromatic N) is 5. The molecule has 9 unspecified atom stereocenters. The van der Waals surface area contributed by atoms with E-state index in [1.165, 1.54) is 57.3 Å². The van der Waals surface area contributed by atoms with Gasteiger partial charge in [-0.2, -0.15) is 0 Å². The largest absolute Gasteiger partial charge is 0.366 e. The third kappa shape index (κ3) is 7.49. The molecule has 4 heterocycles. The Balaban J connectivity index is 0.977. The molecule has 0 saturated carbocycles. The first kappa shape index (κ1) is 42.1. The molecule has 2 aromatic heterocycles. The summed E-state index contributed by atoms with van der Waals surface area (Å²) in [5, 5.41) is 1.37. The van der Waals surface area contributed by atoms with Gasteiger partial charge in [0.1, 0.15) is 11.6 Å². The number of para-hydroxylation sites is 1. The van der Waals surface area contributed by atoms with Crippen LogP contribution in [-0.4, -0.2) is 44.0 Å². The molecule has 6 heteroatoms. The van der Waals surface area contributed by atoms with Gasteiger partial charge in [0.05, 0.1) is 18.1 Å². The maximum atomic E-state index is 7.18. The van der Waals surface area contributed by atoms with Gasteiger partial charge in [-0.25, -0.2) is 15.0 Å². The van der Waals surface area contributed by atoms with E-state index in [9.17, 15) is 0 Å². The van der Waals surface area contributed by atoms with E-state index >= 15 is 0 Å². The van der Waals surface area contributed by atoms with Crippen molar-refractivity contribution in [3.63, 3.8) is 0 Å². The van der Waals surface area contributed by atoms with Crippen LogP contribution in [0.2, 0.25) is 0 Å². The van der Waals surface area contributed by atoms with Crippen LogP contribution in [0.25, 0.3) is 22.6 Å². The number of fused-ring (bicyclic) bond motifs is 7. The zero-order chi connectivity index (χ0) is 45.0. The first-order valence-electron chi connectivity index (χ1n) is 26.2. The van der Waals surface area contributed by atoms with E-state index in [0.717, 1.165) is 107 Å². The molecule has 13 rings (SSSR count). The van der Waals surface area contributed by atoms with Crippen molar-refractivity contribution in [3.8, 4) is 0 Å². The summed E-state index contributed by atoms with van der Waals surface area (Å²) in [6.45, 7) is 0.744. The van der Waals surface area contributed by atoms with Crippen molar-refractivity contribution in [2.45, 2.75) is 126 Å². The van der Waals surface area contributed by atoms with Crippen LogP contribution in [-0.2, 0) is 4.74 Å². The minimum atomic E-state index is -0.121. The SMILES string of the molecule is C1=CCCC(C2CC=CC(C3=CCCC=C3)=C2C2CN=C(C3=CC=CC4OC5C=Cc6c(c7ccccc7n6C6CC=CCC6)C5C34)C(c3nc(C4=CCCCC4)nc(C4C=CC=CC4)n3)C2)=C1. The normalized spacial score (nSPS) is 31.5. The number of ether oxygens (including phenoxy) is 1. The lowest BCUT2D eigenvalue weighted by molar-refractivity contribution is 0.0901. The Morgan fingerprint density at radius 1 is 0.662 bits per heavy atom. The zero-order valence-corrected chi connectivity index (χ0v) is 39.3. The molecule has 1 saturated heterocycles. The molecular formula is C62H63N5O. The number of aliphatic imine (C=N–C) groups is 1. The van der Waals surface area contributed by atoms with Gasteiger partial charge in [0.25, 0.3) is 0 Å². The van der Waals surface area contributed by atoms with Crippen molar-refractivity contribution in [3.05, 3.63) is 196 Å². The van der Waals surface area contributed by atoms with Gasteiger partial charge >= 0.3 is 0 Å². The minimum absolute atomic E-state index is 0.0264. The maximum Gasteiger partial charge on any atom is 0.159 e. The Morgan fingerprint density at radius 3 is 2.47 bits per heavy atom. The second-order valence-electron chi connectivity index (χ2n) is 20.7. The fraction of sp³-hybridized carbons (Fsp3) is 0.387. The Hall–Kier alpha value is -5.98. The quantitative estimate of drug-likeness (QED) is 0.211. The van der Waals surface area contributed by atoms with Crippen LogP contribution in [0.5, 0.6) is 0 Å². The molecule has 0 radical (unpaired) electrons. The molecule has 0 N–H and O–H groups in total. The summed E-state index contributed by atoms with van der Waals surface area (Å²) in [6.07, 6.45) is 61.9. The van der Waals surface area contributed by atoms with Gasteiger partial charge in [0.15, 0.2) is 5.82 Å². The Kier molecular flexibility index (Phi) is 11.3. The van der Waals surface area contributed by atoms with Crippen molar-refractivity contribution < 1.29 is 4.74 Å². The summed E-state index contributed by atoms with van der Waals surface area (Å²) in [5.41, 5.74) is 13.8. The van der Waals surface area contributed by atoms with E-state index in [1.54, 1.807) is 11.1 Å². The molecule has 9 atom stereocenters. The number of allylic oxidation sites excluding steroid dienone is 21. The fourth-order valence-corrected chi connectivity index (χ4v) is 13.7. The van der Waals surface area contributed by atoms with Gasteiger partial charge in [0.2, 0.25) is 0 Å². The maximum absolute atomic E-state index is 7.18. The molecule has 2 aliphatic heterocycles. The van der Waals surface area contributed by atoms with Crippen LogP contribution >= 0.6 is 0 Å². The van der Waals surface area contributed by atoms with Crippen LogP contribution in [0, 0.1) is 17.8 Å². The van der Waals surface area contributed by atoms with E-state index in [-0.39, 0.29) is 41.8 Å². The third-order valence-electron chi connectivity index (χ3n) is 16.8. The summed E-state index contributed by atoms with van der Waals surface area (Å²) in [4.78, 5) is 22.6. The lowest BCUT2D eigenvalue weighted by Crippen LogP contribution is -2.36. The second-order valence-corrected chi connectivity index (χ2v) is 20.7. The van der Waals surface area contributed by atoms with Gasteiger partial charge < -0.3 is 9.30 Å². The standard InChI is InChI=1S/C62H63N5O/c1-6-20-40(21-7-1)46-31-18-32-47(41-22-8-2-9-23-41)55(46)44-38-50(62-65-60(42-24-10-3-11-25-42)64-61(66-62)43-26-12-4-13-27-43)59(63-39-44)49-33-19-35-53-57(49)58-54(68-53)37-36-52-56(58)48-30-16-17-34-51(48)67(52)45-28-14-5-15-29-45/h1,3,5-6,8,10-11,14,16-20,22-24,26,30,32-37,42,44-46,50,53-54,57-58H,2,4,7,9,12-13,15,21,25,27-29,31,38-39H2. The fourth-order valence-electron chi connectivity index (χ4n) is 13.7. The van der Waals surface area contributed by atoms with Gasteiger partial charge in [-0.1, -0.05) is 139 Å². The molecule has 10 aliphatic rings. The Labute approximate surface area is 402 Å². The first-order valence-corrected chi connectivity index (χ1v) is 26.2. The van der Waals surface area contributed by atoms with Crippen LogP contribution < -0.4 is 0 Å². The van der Waals surface area contributed by atoms with Crippen molar-refractivity contribution in [2.24, 2.45) is 22.7 Å². The zero-order valence-electron chi connectivity index (χ0n) is 39.3. The molecule has 1 fully saturated rings. The van der Waals surface area contributed by atoms with E-state index in [2.05, 4.69) is 150 Å². The molecule has 6 nitrogen and oxygen atoms in total. The lowest BCUT2D eigenvalue weighted by atomic mass is 9.66. The molecule has 0 bridgehead atoms. The van der Waals surface area contributed by atoms with Crippen molar-refractivity contribution in [1.29, 1.82) is 0 Å². The Morgan fingerprint density at radius 2 is 1.62 bits per heavy atom. The molecule has 342 valence electrons. The van der Waals surface area contributed by atoms with Crippen LogP contribution in [0.4, 0.5) is 0 Å². The predicted molar refractivity (Wildman–Crippen MR) is 277 cm³/mol. The summed E-state index contributed by atoms with van der Waals surface area (Å²) in [6, 6.07) is 9.62. The van der Waals surface area contributed by atoms with Crippen molar-refractivity contribution >= 4 is 28.3 Å². The first-order chi connectivity index (χ1) is 33.7. The molecular weight excluding hydrogens is 831 g/mol. The Bertz CT molecular complexity index is 2980. The summed E-state index contributed by atoms with van der Waals surface area (Å²) in [7, 11) is 0. The van der Waals surface area contributed by atoms with Gasteiger partial charge in [-0.15, -0.1) is 0 Å². The van der Waals surface area contributed by atoms with Gasteiger partial charge in [-0.05, 0) is 135 Å². The molecule has 0 spiro atoms. The summed E-state index contributed by atoms with van der Waals surface area (Å²) >= 11 is 0. The summed E-state index contributed by atoms with van der Waals surface area (Å²) in [5.74, 6) is 3.46. The molecule has 8 aliphatic carbocycles. The average molecular weight is 894 g/mol. The average Bonchev–Trinajstić information content (AvgIpc) is 3.98. The number of rotatable bonds is 8. The monoisotopic (exact) mass is 894 g/mol. The third-order valence-corrected chi connectivity index (χ3v) is 16.8. The smallest absolute Gasteiger partial charge is 0.159 e. The lowest BCUT2D eigenvalue weighted by Gasteiger charge is -2.39. The second kappa shape index (κ2) is 18.2. The van der Waals surface area contributed by atoms with Gasteiger partial charge in [0, 0.05) is 64.5 Å². The highest BCUT2D eigenvalue weighted by Gasteiger charge is 2.51. The highest BCUT2D eigenvalue weighted by Crippen LogP contribution is 2.55. The number of aromatic nitrogens is 4. The van der Waals surface area contributed by atoms with Crippen LogP contribution in [0.1, 0.15) is 142 Å². The number of hydrogen-bond acceptors (Lipinski definition) is 5. The van der Waals surface area contributed by atoms with E-state index in [1.807, 2.05) is 0 Å². The number of hydrogen-bond donors (Lipinski definition) is 0. The highest BCUT2D eigenvalue weighted by atomic mass is 16.5. The topological polar surface area (TPSA) is 65.2 Å². The predicted octanol–water partition coefficient (Wildman–Crippen LogP) is 14.3. The van der Waals surface area contributed by atoms with Gasteiger partial charge in [-0.3, -0.25) is 4.99 Å². The summed E-state index contributed by atoms with van der Waals surface area (Å²) < 4.78 is 9.86. The minimum Gasteiger partial charge on any atom is -0.366 e. The highest BCUT2D eigenvalue weighted by molar-refractivity contribution is 6.06. The van der Waals surface area contributed by atoms with Crippen LogP contribution in [0.3, 0.4) is 0 Å². The van der Waals surface area contributed by atoms with E-state index < -0.39 is 0 Å². The van der Waals surface area contributed by atoms with Crippen LogP contribution in [0.15, 0.2) is 173 Å². The van der Waals surface area contributed by atoms with Crippen molar-refractivity contribution in [2.75, 3.05) is 6.54 Å². The molecule has 1 aromatic carbocycles.